The summed E-state index contributed by atoms with van der Waals surface area (Å²) < 4.78 is 14.7. The molecule has 0 spiro atoms. The second-order valence-electron chi connectivity index (χ2n) is 6.79. The van der Waals surface area contributed by atoms with Crippen molar-refractivity contribution < 1.29 is 9.18 Å². The molecule has 4 rings (SSSR count). The first kappa shape index (κ1) is 20.4. The number of aromatic nitrogens is 3. The molecule has 1 aromatic carbocycles. The molecule has 30 heavy (non-hydrogen) atoms. The van der Waals surface area contributed by atoms with Crippen LogP contribution in [0.3, 0.4) is 0 Å². The largest absolute Gasteiger partial charge is 0.293 e. The fraction of sp³-hybridized carbons (Fsp3) is 0.182. The second kappa shape index (κ2) is 8.49. The van der Waals surface area contributed by atoms with Crippen LogP contribution in [0.1, 0.15) is 26.5 Å². The Balaban J connectivity index is 1.71. The third-order valence-electron chi connectivity index (χ3n) is 4.80. The Hall–Kier alpha value is -2.84. The molecule has 3 heterocycles. The highest BCUT2D eigenvalue weighted by molar-refractivity contribution is 7.99. The third-order valence-corrected chi connectivity index (χ3v) is 6.88. The number of hydrogen-bond acceptors (Lipinski definition) is 6. The summed E-state index contributed by atoms with van der Waals surface area (Å²) in [6, 6.07) is 11.0. The molecule has 0 N–H and O–H groups in total. The van der Waals surface area contributed by atoms with Gasteiger partial charge in [-0.05, 0) is 55.8 Å². The van der Waals surface area contributed by atoms with Gasteiger partial charge < -0.3 is 0 Å². The van der Waals surface area contributed by atoms with E-state index in [1.807, 2.05) is 32.0 Å². The van der Waals surface area contributed by atoms with Crippen molar-refractivity contribution in [3.05, 3.63) is 86.5 Å². The standard InChI is InChI=1S/C22H18FN3O2S2/c1-13-14(2)30-20-19(13)21(28)26(11-17-5-3-4-10-24-17)22(25-20)29-12-18(27)15-6-8-16(23)9-7-15/h3-10H,11-12H2,1-2H3. The molecule has 0 bridgehead atoms. The molecule has 3 aromatic heterocycles. The van der Waals surface area contributed by atoms with Gasteiger partial charge in [0.2, 0.25) is 0 Å². The lowest BCUT2D eigenvalue weighted by atomic mass is 10.1. The molecule has 0 atom stereocenters. The van der Waals surface area contributed by atoms with Gasteiger partial charge in [0.1, 0.15) is 10.6 Å². The van der Waals surface area contributed by atoms with Crippen LogP contribution < -0.4 is 5.56 Å². The number of thioether (sulfide) groups is 1. The van der Waals surface area contributed by atoms with E-state index in [1.165, 1.54) is 47.4 Å². The SMILES string of the molecule is Cc1sc2nc(SCC(=O)c3ccc(F)cc3)n(Cc3ccccn3)c(=O)c2c1C. The fourth-order valence-corrected chi connectivity index (χ4v) is 5.02. The number of fused-ring (bicyclic) bond motifs is 1. The lowest BCUT2D eigenvalue weighted by molar-refractivity contribution is 0.102. The number of Topliss-reactive ketones (excluding diaryl/α,β-unsaturated/α-hetero) is 1. The second-order valence-corrected chi connectivity index (χ2v) is 8.93. The van der Waals surface area contributed by atoms with Crippen molar-refractivity contribution in [2.75, 3.05) is 5.75 Å². The fourth-order valence-electron chi connectivity index (χ4n) is 3.06. The smallest absolute Gasteiger partial charge is 0.263 e. The Labute approximate surface area is 180 Å². The van der Waals surface area contributed by atoms with Crippen LogP contribution in [0.25, 0.3) is 10.2 Å². The Morgan fingerprint density at radius 1 is 1.17 bits per heavy atom. The van der Waals surface area contributed by atoms with Gasteiger partial charge >= 0.3 is 0 Å². The Bertz CT molecular complexity index is 1280. The van der Waals surface area contributed by atoms with E-state index in [9.17, 15) is 14.0 Å². The average Bonchev–Trinajstić information content (AvgIpc) is 3.03. The van der Waals surface area contributed by atoms with Crippen molar-refractivity contribution in [1.82, 2.24) is 14.5 Å². The first-order valence-corrected chi connectivity index (χ1v) is 11.1. The van der Waals surface area contributed by atoms with Crippen LogP contribution in [0.4, 0.5) is 4.39 Å². The number of rotatable bonds is 6. The zero-order chi connectivity index (χ0) is 21.3. The van der Waals surface area contributed by atoms with E-state index in [0.29, 0.717) is 20.9 Å². The summed E-state index contributed by atoms with van der Waals surface area (Å²) in [4.78, 5) is 36.6. The van der Waals surface area contributed by atoms with E-state index in [-0.39, 0.29) is 29.5 Å². The van der Waals surface area contributed by atoms with Gasteiger partial charge in [0.25, 0.3) is 5.56 Å². The van der Waals surface area contributed by atoms with E-state index in [1.54, 1.807) is 10.8 Å². The molecule has 0 amide bonds. The molecule has 0 aliphatic heterocycles. The van der Waals surface area contributed by atoms with Gasteiger partial charge in [-0.1, -0.05) is 17.8 Å². The molecule has 8 heteroatoms. The summed E-state index contributed by atoms with van der Waals surface area (Å²) in [5.41, 5.74) is 1.95. The van der Waals surface area contributed by atoms with Gasteiger partial charge in [-0.25, -0.2) is 9.37 Å². The highest BCUT2D eigenvalue weighted by Crippen LogP contribution is 2.29. The molecule has 0 aliphatic rings. The van der Waals surface area contributed by atoms with Crippen molar-refractivity contribution in [3.8, 4) is 0 Å². The van der Waals surface area contributed by atoms with Crippen molar-refractivity contribution in [2.24, 2.45) is 0 Å². The maximum Gasteiger partial charge on any atom is 0.263 e. The minimum atomic E-state index is -0.390. The highest BCUT2D eigenvalue weighted by Gasteiger charge is 2.18. The summed E-state index contributed by atoms with van der Waals surface area (Å²) in [7, 11) is 0. The summed E-state index contributed by atoms with van der Waals surface area (Å²) in [6.45, 7) is 4.16. The first-order valence-electron chi connectivity index (χ1n) is 9.26. The van der Waals surface area contributed by atoms with Gasteiger partial charge in [0.05, 0.1) is 23.4 Å². The van der Waals surface area contributed by atoms with Crippen LogP contribution in [0.2, 0.25) is 0 Å². The molecule has 152 valence electrons. The number of carbonyl (C=O) groups is 1. The number of pyridine rings is 1. The number of halogens is 1. The number of nitrogens with zero attached hydrogens (tertiary/aromatic N) is 3. The van der Waals surface area contributed by atoms with Crippen LogP contribution >= 0.6 is 23.1 Å². The van der Waals surface area contributed by atoms with Gasteiger partial charge in [-0.15, -0.1) is 11.3 Å². The van der Waals surface area contributed by atoms with Crippen molar-refractivity contribution in [2.45, 2.75) is 25.5 Å². The summed E-state index contributed by atoms with van der Waals surface area (Å²) >= 11 is 2.68. The van der Waals surface area contributed by atoms with E-state index >= 15 is 0 Å². The summed E-state index contributed by atoms with van der Waals surface area (Å²) in [5.74, 6) is -0.453. The molecule has 0 saturated heterocycles. The van der Waals surface area contributed by atoms with Gasteiger partial charge in [-0.2, -0.15) is 0 Å². The first-order chi connectivity index (χ1) is 14.4. The predicted molar refractivity (Wildman–Crippen MR) is 118 cm³/mol. The summed E-state index contributed by atoms with van der Waals surface area (Å²) in [5, 5.41) is 1.08. The molecule has 5 nitrogen and oxygen atoms in total. The monoisotopic (exact) mass is 439 g/mol. The number of thiophene rings is 1. The van der Waals surface area contributed by atoms with E-state index in [2.05, 4.69) is 4.98 Å². The van der Waals surface area contributed by atoms with E-state index < -0.39 is 0 Å². The van der Waals surface area contributed by atoms with Gasteiger partial charge in [0.15, 0.2) is 10.9 Å². The van der Waals surface area contributed by atoms with Crippen molar-refractivity contribution in [1.29, 1.82) is 0 Å². The minimum absolute atomic E-state index is 0.0924. The predicted octanol–water partition coefficient (Wildman–Crippen LogP) is 4.63. The molecule has 0 unspecified atom stereocenters. The number of carbonyl (C=O) groups excluding carboxylic acids is 1. The van der Waals surface area contributed by atoms with Gasteiger partial charge in [-0.3, -0.25) is 19.1 Å². The van der Waals surface area contributed by atoms with E-state index in [0.717, 1.165) is 16.1 Å². The zero-order valence-electron chi connectivity index (χ0n) is 16.4. The molecular weight excluding hydrogens is 421 g/mol. The Morgan fingerprint density at radius 2 is 1.93 bits per heavy atom. The van der Waals surface area contributed by atoms with Crippen molar-refractivity contribution >= 4 is 39.1 Å². The molecular formula is C22H18FN3O2S2. The summed E-state index contributed by atoms with van der Waals surface area (Å²) in [6.07, 6.45) is 1.68. The molecule has 0 saturated carbocycles. The lowest BCUT2D eigenvalue weighted by Crippen LogP contribution is -2.24. The third kappa shape index (κ3) is 4.06. The maximum atomic E-state index is 13.3. The average molecular weight is 440 g/mol. The highest BCUT2D eigenvalue weighted by atomic mass is 32.2. The normalized spacial score (nSPS) is 11.2. The van der Waals surface area contributed by atoms with Crippen LogP contribution in [0, 0.1) is 19.7 Å². The van der Waals surface area contributed by atoms with E-state index in [4.69, 9.17) is 4.98 Å². The maximum absolute atomic E-state index is 13.3. The topological polar surface area (TPSA) is 64.8 Å². The molecule has 0 radical (unpaired) electrons. The number of ketones is 1. The number of hydrogen-bond donors (Lipinski definition) is 0. The lowest BCUT2D eigenvalue weighted by Gasteiger charge is -2.12. The number of aryl methyl sites for hydroxylation is 2. The molecule has 0 fully saturated rings. The van der Waals surface area contributed by atoms with Crippen LogP contribution in [-0.2, 0) is 6.54 Å². The number of benzene rings is 1. The van der Waals surface area contributed by atoms with Gasteiger partial charge in [0, 0.05) is 16.6 Å². The molecule has 0 aliphatic carbocycles. The minimum Gasteiger partial charge on any atom is -0.293 e. The Kier molecular flexibility index (Phi) is 5.78. The van der Waals surface area contributed by atoms with Crippen LogP contribution in [-0.4, -0.2) is 26.1 Å². The van der Waals surface area contributed by atoms with Crippen LogP contribution in [0.15, 0.2) is 58.6 Å². The molecule has 4 aromatic rings. The van der Waals surface area contributed by atoms with Crippen LogP contribution in [0.5, 0.6) is 0 Å². The quantitative estimate of drug-likeness (QED) is 0.249. The zero-order valence-corrected chi connectivity index (χ0v) is 18.0. The van der Waals surface area contributed by atoms with Crippen molar-refractivity contribution in [3.63, 3.8) is 0 Å². The Morgan fingerprint density at radius 3 is 2.63 bits per heavy atom.